The van der Waals surface area contributed by atoms with Gasteiger partial charge in [0.1, 0.15) is 11.5 Å². The van der Waals surface area contributed by atoms with Crippen LogP contribution < -0.4 is 4.90 Å². The van der Waals surface area contributed by atoms with Crippen LogP contribution in [-0.2, 0) is 0 Å². The van der Waals surface area contributed by atoms with Gasteiger partial charge in [0.05, 0.1) is 12.1 Å². The van der Waals surface area contributed by atoms with Crippen LogP contribution in [0.5, 0.6) is 0 Å². The number of furan rings is 1. The van der Waals surface area contributed by atoms with Gasteiger partial charge in [-0.2, -0.15) is 11.8 Å². The van der Waals surface area contributed by atoms with E-state index in [4.69, 9.17) is 4.42 Å². The van der Waals surface area contributed by atoms with Crippen LogP contribution in [0.4, 0.5) is 5.69 Å². The first-order valence-electron chi connectivity index (χ1n) is 9.60. The van der Waals surface area contributed by atoms with Gasteiger partial charge in [0.15, 0.2) is 0 Å². The second-order valence-corrected chi connectivity index (χ2v) is 8.45. The van der Waals surface area contributed by atoms with Crippen LogP contribution in [0.3, 0.4) is 0 Å². The molecular weight excluding hydrogens is 360 g/mol. The van der Waals surface area contributed by atoms with Crippen molar-refractivity contribution in [3.05, 3.63) is 53.5 Å². The van der Waals surface area contributed by atoms with Crippen molar-refractivity contribution in [3.8, 4) is 0 Å². The summed E-state index contributed by atoms with van der Waals surface area (Å²) in [6.45, 7) is 4.39. The SMILES string of the molecule is Cc1ccc(C2CSCCN2C(=O)c2ccc(N3CCC(O)CC3)cc2)o1. The smallest absolute Gasteiger partial charge is 0.254 e. The lowest BCUT2D eigenvalue weighted by Gasteiger charge is -2.34. The molecule has 27 heavy (non-hydrogen) atoms. The molecule has 0 aliphatic carbocycles. The molecule has 2 aliphatic rings. The number of amides is 1. The normalized spacial score (nSPS) is 21.5. The molecule has 2 aliphatic heterocycles. The Morgan fingerprint density at radius 3 is 2.52 bits per heavy atom. The Morgan fingerprint density at radius 1 is 1.11 bits per heavy atom. The highest BCUT2D eigenvalue weighted by atomic mass is 32.2. The molecule has 1 atom stereocenters. The van der Waals surface area contributed by atoms with Crippen LogP contribution >= 0.6 is 11.8 Å². The number of benzene rings is 1. The Hall–Kier alpha value is -1.92. The predicted octanol–water partition coefficient (Wildman–Crippen LogP) is 3.48. The zero-order chi connectivity index (χ0) is 18.8. The van der Waals surface area contributed by atoms with Crippen LogP contribution in [-0.4, -0.2) is 53.2 Å². The fourth-order valence-corrected chi connectivity index (χ4v) is 4.88. The largest absolute Gasteiger partial charge is 0.464 e. The van der Waals surface area contributed by atoms with Crippen LogP contribution in [0.15, 0.2) is 40.8 Å². The van der Waals surface area contributed by atoms with Gasteiger partial charge in [-0.3, -0.25) is 4.79 Å². The zero-order valence-electron chi connectivity index (χ0n) is 15.6. The van der Waals surface area contributed by atoms with Gasteiger partial charge in [0.25, 0.3) is 5.91 Å². The van der Waals surface area contributed by atoms with Crippen molar-refractivity contribution in [3.63, 3.8) is 0 Å². The van der Waals surface area contributed by atoms with Gasteiger partial charge >= 0.3 is 0 Å². The van der Waals surface area contributed by atoms with E-state index in [9.17, 15) is 9.90 Å². The highest BCUT2D eigenvalue weighted by molar-refractivity contribution is 7.99. The molecule has 0 spiro atoms. The van der Waals surface area contributed by atoms with Crippen molar-refractivity contribution in [1.82, 2.24) is 4.90 Å². The number of aliphatic hydroxyl groups is 1. The third kappa shape index (κ3) is 4.01. The minimum absolute atomic E-state index is 0.00629. The van der Waals surface area contributed by atoms with Crippen molar-refractivity contribution in [1.29, 1.82) is 0 Å². The van der Waals surface area contributed by atoms with Crippen LogP contribution in [0, 0.1) is 6.92 Å². The molecule has 6 heteroatoms. The third-order valence-electron chi connectivity index (χ3n) is 5.42. The van der Waals surface area contributed by atoms with Crippen LogP contribution in [0.2, 0.25) is 0 Å². The van der Waals surface area contributed by atoms with Crippen molar-refractivity contribution in [2.45, 2.75) is 31.9 Å². The maximum absolute atomic E-state index is 13.1. The lowest BCUT2D eigenvalue weighted by molar-refractivity contribution is 0.0681. The molecule has 0 bridgehead atoms. The third-order valence-corrected chi connectivity index (χ3v) is 6.45. The summed E-state index contributed by atoms with van der Waals surface area (Å²) in [6.07, 6.45) is 1.42. The average molecular weight is 387 g/mol. The molecule has 3 heterocycles. The molecular formula is C21H26N2O3S. The van der Waals surface area contributed by atoms with Gasteiger partial charge in [0.2, 0.25) is 0 Å². The Balaban J connectivity index is 1.49. The summed E-state index contributed by atoms with van der Waals surface area (Å²) in [5, 5.41) is 9.67. The molecule has 1 aromatic heterocycles. The Labute approximate surface area is 164 Å². The first-order valence-corrected chi connectivity index (χ1v) is 10.8. The first-order chi connectivity index (χ1) is 13.1. The van der Waals surface area contributed by atoms with Crippen molar-refractivity contribution < 1.29 is 14.3 Å². The number of rotatable bonds is 3. The van der Waals surface area contributed by atoms with Crippen LogP contribution in [0.1, 0.15) is 40.8 Å². The molecule has 1 amide bonds. The molecule has 4 rings (SSSR count). The van der Waals surface area contributed by atoms with E-state index in [1.165, 1.54) is 0 Å². The number of hydrogen-bond donors (Lipinski definition) is 1. The first kappa shape index (κ1) is 18.4. The summed E-state index contributed by atoms with van der Waals surface area (Å²) in [4.78, 5) is 17.4. The number of thioether (sulfide) groups is 1. The summed E-state index contributed by atoms with van der Waals surface area (Å²) in [7, 11) is 0. The molecule has 2 fully saturated rings. The van der Waals surface area contributed by atoms with Gasteiger partial charge in [-0.1, -0.05) is 0 Å². The Kier molecular flexibility index (Phi) is 5.45. The van der Waals surface area contributed by atoms with Crippen molar-refractivity contribution in [2.24, 2.45) is 0 Å². The fraction of sp³-hybridized carbons (Fsp3) is 0.476. The van der Waals surface area contributed by atoms with E-state index in [0.29, 0.717) is 0 Å². The van der Waals surface area contributed by atoms with E-state index < -0.39 is 0 Å². The Bertz CT molecular complexity index is 781. The predicted molar refractivity (Wildman–Crippen MR) is 108 cm³/mol. The molecule has 1 aromatic carbocycles. The summed E-state index contributed by atoms with van der Waals surface area (Å²) in [5.41, 5.74) is 1.84. The quantitative estimate of drug-likeness (QED) is 0.875. The van der Waals surface area contributed by atoms with Gasteiger partial charge in [0, 0.05) is 42.4 Å². The molecule has 0 radical (unpaired) electrons. The van der Waals surface area contributed by atoms with E-state index in [-0.39, 0.29) is 18.1 Å². The lowest BCUT2D eigenvalue weighted by atomic mass is 10.1. The summed E-state index contributed by atoms with van der Waals surface area (Å²) in [5.74, 6) is 3.64. The van der Waals surface area contributed by atoms with E-state index in [0.717, 1.165) is 66.8 Å². The van der Waals surface area contributed by atoms with Crippen molar-refractivity contribution in [2.75, 3.05) is 36.0 Å². The minimum atomic E-state index is -0.179. The number of hydrogen-bond acceptors (Lipinski definition) is 5. The summed E-state index contributed by atoms with van der Waals surface area (Å²) < 4.78 is 5.81. The van der Waals surface area contributed by atoms with Gasteiger partial charge < -0.3 is 19.3 Å². The maximum atomic E-state index is 13.1. The number of carbonyl (C=O) groups excluding carboxylic acids is 1. The molecule has 1 N–H and O–H groups in total. The maximum Gasteiger partial charge on any atom is 0.254 e. The summed E-state index contributed by atoms with van der Waals surface area (Å²) >= 11 is 1.86. The summed E-state index contributed by atoms with van der Waals surface area (Å²) in [6, 6.07) is 11.8. The number of carbonyl (C=O) groups is 1. The van der Waals surface area contributed by atoms with E-state index >= 15 is 0 Å². The monoisotopic (exact) mass is 386 g/mol. The number of anilines is 1. The zero-order valence-corrected chi connectivity index (χ0v) is 16.5. The number of aliphatic hydroxyl groups excluding tert-OH is 1. The van der Waals surface area contributed by atoms with Gasteiger partial charge in [-0.05, 0) is 56.2 Å². The highest BCUT2D eigenvalue weighted by Crippen LogP contribution is 2.32. The van der Waals surface area contributed by atoms with E-state index in [2.05, 4.69) is 4.90 Å². The second-order valence-electron chi connectivity index (χ2n) is 7.30. The molecule has 5 nitrogen and oxygen atoms in total. The molecule has 2 saturated heterocycles. The fourth-order valence-electron chi connectivity index (χ4n) is 3.82. The van der Waals surface area contributed by atoms with Crippen LogP contribution in [0.25, 0.3) is 0 Å². The number of aryl methyl sites for hydroxylation is 1. The average Bonchev–Trinajstić information content (AvgIpc) is 3.14. The minimum Gasteiger partial charge on any atom is -0.464 e. The highest BCUT2D eigenvalue weighted by Gasteiger charge is 2.31. The standard InChI is InChI=1S/C21H26N2O3S/c1-15-2-7-20(26-15)19-14-27-13-12-23(19)21(25)16-3-5-17(6-4-16)22-10-8-18(24)9-11-22/h2-7,18-19,24H,8-14H2,1H3. The van der Waals surface area contributed by atoms with Crippen molar-refractivity contribution >= 4 is 23.4 Å². The van der Waals surface area contributed by atoms with Gasteiger partial charge in [-0.15, -0.1) is 0 Å². The molecule has 0 saturated carbocycles. The Morgan fingerprint density at radius 2 is 1.85 bits per heavy atom. The molecule has 2 aromatic rings. The lowest BCUT2D eigenvalue weighted by Crippen LogP contribution is -2.40. The number of piperidine rings is 1. The topological polar surface area (TPSA) is 56.9 Å². The van der Waals surface area contributed by atoms with E-state index in [1.807, 2.05) is 60.0 Å². The van der Waals surface area contributed by atoms with E-state index in [1.54, 1.807) is 0 Å². The second kappa shape index (κ2) is 7.98. The van der Waals surface area contributed by atoms with Gasteiger partial charge in [-0.25, -0.2) is 0 Å². The number of nitrogens with zero attached hydrogens (tertiary/aromatic N) is 2. The molecule has 144 valence electrons. The molecule has 1 unspecified atom stereocenters.